The molecule has 0 saturated carbocycles. The minimum absolute atomic E-state index is 0.233. The van der Waals surface area contributed by atoms with Crippen molar-refractivity contribution < 1.29 is 4.39 Å². The molecule has 1 N–H and O–H groups in total. The molecule has 4 nitrogen and oxygen atoms in total. The van der Waals surface area contributed by atoms with Crippen LogP contribution in [0, 0.1) is 5.82 Å². The van der Waals surface area contributed by atoms with E-state index in [9.17, 15) is 4.39 Å². The van der Waals surface area contributed by atoms with Gasteiger partial charge in [0.25, 0.3) is 0 Å². The molecular formula is C11H13FN4. The summed E-state index contributed by atoms with van der Waals surface area (Å²) >= 11 is 0. The molecule has 2 aromatic rings. The minimum atomic E-state index is -0.235. The maximum absolute atomic E-state index is 13.7. The van der Waals surface area contributed by atoms with E-state index in [4.69, 9.17) is 0 Å². The molecular weight excluding hydrogens is 207 g/mol. The van der Waals surface area contributed by atoms with Gasteiger partial charge in [-0.25, -0.2) is 4.39 Å². The first-order valence-corrected chi connectivity index (χ1v) is 5.00. The standard InChI is InChI=1S/C11H13FN4/c1-13-11(10-7-14-15-16(10)2)8-5-3-4-6-9(8)12/h3-7,11,13H,1-2H3. The maximum Gasteiger partial charge on any atom is 0.128 e. The van der Waals surface area contributed by atoms with Crippen LogP contribution >= 0.6 is 0 Å². The van der Waals surface area contributed by atoms with Crippen LogP contribution in [0.15, 0.2) is 30.5 Å². The van der Waals surface area contributed by atoms with Crippen molar-refractivity contribution in [2.24, 2.45) is 7.05 Å². The van der Waals surface area contributed by atoms with Gasteiger partial charge in [0.05, 0.1) is 17.9 Å². The number of hydrogen-bond acceptors (Lipinski definition) is 3. The van der Waals surface area contributed by atoms with Crippen molar-refractivity contribution in [2.45, 2.75) is 6.04 Å². The average molecular weight is 220 g/mol. The topological polar surface area (TPSA) is 42.7 Å². The number of halogens is 1. The summed E-state index contributed by atoms with van der Waals surface area (Å²) in [5.41, 5.74) is 1.42. The second kappa shape index (κ2) is 4.40. The second-order valence-corrected chi connectivity index (χ2v) is 3.53. The van der Waals surface area contributed by atoms with Crippen LogP contribution in [0.3, 0.4) is 0 Å². The Hall–Kier alpha value is -1.75. The third kappa shape index (κ3) is 1.81. The first-order chi connectivity index (χ1) is 7.74. The summed E-state index contributed by atoms with van der Waals surface area (Å²) in [6, 6.07) is 6.45. The minimum Gasteiger partial charge on any atom is -0.308 e. The predicted molar refractivity (Wildman–Crippen MR) is 58.3 cm³/mol. The van der Waals surface area contributed by atoms with E-state index in [1.165, 1.54) is 6.07 Å². The largest absolute Gasteiger partial charge is 0.308 e. The van der Waals surface area contributed by atoms with Crippen LogP contribution in [0.2, 0.25) is 0 Å². The molecule has 0 amide bonds. The lowest BCUT2D eigenvalue weighted by Crippen LogP contribution is -2.21. The quantitative estimate of drug-likeness (QED) is 0.846. The Kier molecular flexibility index (Phi) is 2.96. The molecule has 5 heteroatoms. The fourth-order valence-corrected chi connectivity index (χ4v) is 1.73. The van der Waals surface area contributed by atoms with Gasteiger partial charge in [0.15, 0.2) is 0 Å². The summed E-state index contributed by atoms with van der Waals surface area (Å²) in [4.78, 5) is 0. The van der Waals surface area contributed by atoms with Gasteiger partial charge in [0, 0.05) is 12.6 Å². The maximum atomic E-state index is 13.7. The van der Waals surface area contributed by atoms with E-state index < -0.39 is 0 Å². The summed E-state index contributed by atoms with van der Waals surface area (Å²) in [6.45, 7) is 0. The SMILES string of the molecule is CNC(c1ccccc1F)c1cnnn1C. The molecule has 84 valence electrons. The van der Waals surface area contributed by atoms with Crippen molar-refractivity contribution in [1.29, 1.82) is 0 Å². The molecule has 0 fully saturated rings. The molecule has 0 bridgehead atoms. The molecule has 0 aliphatic rings. The van der Waals surface area contributed by atoms with Gasteiger partial charge < -0.3 is 5.32 Å². The molecule has 0 saturated heterocycles. The number of nitrogens with one attached hydrogen (secondary N) is 1. The van der Waals surface area contributed by atoms with Gasteiger partial charge in [-0.15, -0.1) is 5.10 Å². The average Bonchev–Trinajstić information content (AvgIpc) is 2.69. The van der Waals surface area contributed by atoms with Gasteiger partial charge in [-0.3, -0.25) is 4.68 Å². The van der Waals surface area contributed by atoms with Crippen molar-refractivity contribution in [3.63, 3.8) is 0 Å². The highest BCUT2D eigenvalue weighted by molar-refractivity contribution is 5.27. The van der Waals surface area contributed by atoms with Gasteiger partial charge in [0.1, 0.15) is 5.82 Å². The zero-order valence-corrected chi connectivity index (χ0v) is 9.18. The van der Waals surface area contributed by atoms with Crippen LogP contribution in [-0.4, -0.2) is 22.0 Å². The fraction of sp³-hybridized carbons (Fsp3) is 0.273. The molecule has 0 radical (unpaired) electrons. The molecule has 1 aromatic heterocycles. The predicted octanol–water partition coefficient (Wildman–Crippen LogP) is 1.26. The Labute approximate surface area is 93.1 Å². The Bertz CT molecular complexity index is 480. The molecule has 1 aromatic carbocycles. The summed E-state index contributed by atoms with van der Waals surface area (Å²) in [6.07, 6.45) is 1.63. The van der Waals surface area contributed by atoms with Gasteiger partial charge in [-0.1, -0.05) is 23.4 Å². The highest BCUT2D eigenvalue weighted by Crippen LogP contribution is 2.22. The molecule has 2 rings (SSSR count). The van der Waals surface area contributed by atoms with Crippen LogP contribution in [0.25, 0.3) is 0 Å². The molecule has 0 aliphatic carbocycles. The third-order valence-corrected chi connectivity index (χ3v) is 2.55. The summed E-state index contributed by atoms with van der Waals surface area (Å²) < 4.78 is 15.3. The number of rotatable bonds is 3. The van der Waals surface area contributed by atoms with Crippen LogP contribution in [0.1, 0.15) is 17.3 Å². The van der Waals surface area contributed by atoms with Crippen LogP contribution in [0.5, 0.6) is 0 Å². The Morgan fingerprint density at radius 3 is 2.69 bits per heavy atom. The Morgan fingerprint density at radius 2 is 2.12 bits per heavy atom. The zero-order chi connectivity index (χ0) is 11.5. The number of hydrogen-bond donors (Lipinski definition) is 1. The number of nitrogens with zero attached hydrogens (tertiary/aromatic N) is 3. The van der Waals surface area contributed by atoms with Gasteiger partial charge in [0.2, 0.25) is 0 Å². The van der Waals surface area contributed by atoms with Crippen molar-refractivity contribution in [3.8, 4) is 0 Å². The van der Waals surface area contributed by atoms with E-state index in [1.54, 1.807) is 37.1 Å². The van der Waals surface area contributed by atoms with E-state index >= 15 is 0 Å². The Balaban J connectivity index is 2.45. The van der Waals surface area contributed by atoms with E-state index in [0.29, 0.717) is 5.56 Å². The third-order valence-electron chi connectivity index (χ3n) is 2.55. The number of aromatic nitrogens is 3. The van der Waals surface area contributed by atoms with E-state index in [0.717, 1.165) is 5.69 Å². The molecule has 0 spiro atoms. The Morgan fingerprint density at radius 1 is 1.38 bits per heavy atom. The highest BCUT2D eigenvalue weighted by atomic mass is 19.1. The second-order valence-electron chi connectivity index (χ2n) is 3.53. The molecule has 16 heavy (non-hydrogen) atoms. The monoisotopic (exact) mass is 220 g/mol. The lowest BCUT2D eigenvalue weighted by molar-refractivity contribution is 0.549. The lowest BCUT2D eigenvalue weighted by atomic mass is 10.0. The number of aryl methyl sites for hydroxylation is 1. The lowest BCUT2D eigenvalue weighted by Gasteiger charge is -2.16. The van der Waals surface area contributed by atoms with Gasteiger partial charge in [-0.05, 0) is 13.1 Å². The first kappa shape index (κ1) is 10.8. The van der Waals surface area contributed by atoms with Crippen LogP contribution < -0.4 is 5.32 Å². The summed E-state index contributed by atoms with van der Waals surface area (Å²) in [5, 5.41) is 10.7. The smallest absolute Gasteiger partial charge is 0.128 e. The van der Waals surface area contributed by atoms with Gasteiger partial charge >= 0.3 is 0 Å². The zero-order valence-electron chi connectivity index (χ0n) is 9.18. The fourth-order valence-electron chi connectivity index (χ4n) is 1.73. The van der Waals surface area contributed by atoms with Crippen molar-refractivity contribution in [2.75, 3.05) is 7.05 Å². The van der Waals surface area contributed by atoms with E-state index in [1.807, 2.05) is 6.07 Å². The van der Waals surface area contributed by atoms with Gasteiger partial charge in [-0.2, -0.15) is 0 Å². The molecule has 1 unspecified atom stereocenters. The van der Waals surface area contributed by atoms with Crippen LogP contribution in [-0.2, 0) is 7.05 Å². The molecule has 0 aliphatic heterocycles. The number of benzene rings is 1. The molecule has 1 heterocycles. The van der Waals surface area contributed by atoms with Crippen LogP contribution in [0.4, 0.5) is 4.39 Å². The normalized spacial score (nSPS) is 12.7. The summed E-state index contributed by atoms with van der Waals surface area (Å²) in [5.74, 6) is -0.233. The van der Waals surface area contributed by atoms with E-state index in [-0.39, 0.29) is 11.9 Å². The highest BCUT2D eigenvalue weighted by Gasteiger charge is 2.18. The van der Waals surface area contributed by atoms with E-state index in [2.05, 4.69) is 15.6 Å². The molecule has 1 atom stereocenters. The van der Waals surface area contributed by atoms with Crippen molar-refractivity contribution >= 4 is 0 Å². The first-order valence-electron chi connectivity index (χ1n) is 5.00. The van der Waals surface area contributed by atoms with Crippen molar-refractivity contribution in [3.05, 3.63) is 47.5 Å². The summed E-state index contributed by atoms with van der Waals surface area (Å²) in [7, 11) is 3.57. The van der Waals surface area contributed by atoms with Crippen molar-refractivity contribution in [1.82, 2.24) is 20.3 Å².